The summed E-state index contributed by atoms with van der Waals surface area (Å²) in [7, 11) is 1.65. The number of pyridine rings is 1. The quantitative estimate of drug-likeness (QED) is 0.575. The Morgan fingerprint density at radius 2 is 1.96 bits per heavy atom. The van der Waals surface area contributed by atoms with Gasteiger partial charge in [0, 0.05) is 34.2 Å². The summed E-state index contributed by atoms with van der Waals surface area (Å²) >= 11 is 6.05. The summed E-state index contributed by atoms with van der Waals surface area (Å²) in [4.78, 5) is 26.9. The van der Waals surface area contributed by atoms with Crippen molar-refractivity contribution in [3.63, 3.8) is 0 Å². The first-order chi connectivity index (χ1) is 12.4. The molecule has 0 aliphatic heterocycles. The number of H-pyrrole nitrogens is 1. The van der Waals surface area contributed by atoms with Crippen LogP contribution in [0.4, 0.5) is 5.69 Å². The summed E-state index contributed by atoms with van der Waals surface area (Å²) < 4.78 is 6.57. The van der Waals surface area contributed by atoms with Gasteiger partial charge in [-0.15, -0.1) is 0 Å². The molecule has 4 aromatic rings. The van der Waals surface area contributed by atoms with Gasteiger partial charge in [-0.2, -0.15) is 0 Å². The van der Waals surface area contributed by atoms with Gasteiger partial charge in [0.25, 0.3) is 5.56 Å². The third-order valence-electron chi connectivity index (χ3n) is 4.48. The lowest BCUT2D eigenvalue weighted by Gasteiger charge is -2.15. The number of nitrogens with one attached hydrogen (secondary N) is 2. The molecule has 0 spiro atoms. The molecule has 2 aromatic heterocycles. The van der Waals surface area contributed by atoms with Gasteiger partial charge in [-0.25, -0.2) is 4.79 Å². The molecule has 0 unspecified atom stereocenters. The van der Waals surface area contributed by atoms with Crippen LogP contribution < -0.4 is 16.6 Å². The van der Waals surface area contributed by atoms with Crippen molar-refractivity contribution in [1.82, 2.24) is 9.55 Å². The fraction of sp³-hybridized carbons (Fsp3) is 0.158. The molecular weight excluding hydrogens is 354 g/mol. The Bertz CT molecular complexity index is 1250. The first-order valence-electron chi connectivity index (χ1n) is 8.11. The zero-order valence-electron chi connectivity index (χ0n) is 14.2. The summed E-state index contributed by atoms with van der Waals surface area (Å²) in [5, 5.41) is 4.78. The molecule has 1 atom stereocenters. The summed E-state index contributed by atoms with van der Waals surface area (Å²) in [5.41, 5.74) is 3.18. The Balaban J connectivity index is 1.71. The third kappa shape index (κ3) is 2.78. The van der Waals surface area contributed by atoms with E-state index in [0.29, 0.717) is 21.7 Å². The standard InChI is InChI=1S/C19H16ClN3O3/c1-10(14-8-11-7-12(20)3-5-15(11)22-18(14)24)21-13-4-6-17-16(9-13)23(2)19(25)26-17/h3-10,21H,1-2H3,(H,22,24)/t10-/m0/s1. The minimum Gasteiger partial charge on any atom is -0.408 e. The molecule has 0 bridgehead atoms. The fourth-order valence-corrected chi connectivity index (χ4v) is 3.24. The van der Waals surface area contributed by atoms with E-state index in [1.54, 1.807) is 25.2 Å². The Labute approximate surface area is 153 Å². The van der Waals surface area contributed by atoms with E-state index in [9.17, 15) is 9.59 Å². The first kappa shape index (κ1) is 16.5. The second-order valence-electron chi connectivity index (χ2n) is 6.26. The Hall–Kier alpha value is -2.99. The van der Waals surface area contributed by atoms with Gasteiger partial charge in [-0.05, 0) is 49.4 Å². The van der Waals surface area contributed by atoms with Gasteiger partial charge in [-0.3, -0.25) is 9.36 Å². The van der Waals surface area contributed by atoms with Crippen molar-refractivity contribution in [2.75, 3.05) is 5.32 Å². The molecule has 0 saturated carbocycles. The van der Waals surface area contributed by atoms with Gasteiger partial charge >= 0.3 is 5.76 Å². The van der Waals surface area contributed by atoms with Crippen LogP contribution in [0.2, 0.25) is 5.02 Å². The molecule has 6 nitrogen and oxygen atoms in total. The zero-order chi connectivity index (χ0) is 18.4. The molecule has 0 radical (unpaired) electrons. The second-order valence-corrected chi connectivity index (χ2v) is 6.70. The average molecular weight is 370 g/mol. The van der Waals surface area contributed by atoms with Crippen LogP contribution in [0.15, 0.2) is 56.5 Å². The number of anilines is 1. The number of oxazole rings is 1. The molecule has 0 saturated heterocycles. The Morgan fingerprint density at radius 1 is 1.15 bits per heavy atom. The minimum absolute atomic E-state index is 0.156. The highest BCUT2D eigenvalue weighted by molar-refractivity contribution is 6.31. The number of nitrogens with zero attached hydrogens (tertiary/aromatic N) is 1. The van der Waals surface area contributed by atoms with Gasteiger partial charge in [0.15, 0.2) is 5.58 Å². The number of aromatic nitrogens is 2. The molecular formula is C19H16ClN3O3. The number of rotatable bonds is 3. The van der Waals surface area contributed by atoms with Crippen LogP contribution in [0.5, 0.6) is 0 Å². The van der Waals surface area contributed by atoms with E-state index in [2.05, 4.69) is 10.3 Å². The summed E-state index contributed by atoms with van der Waals surface area (Å²) in [5.74, 6) is -0.409. The van der Waals surface area contributed by atoms with Crippen LogP contribution in [0.1, 0.15) is 18.5 Å². The third-order valence-corrected chi connectivity index (χ3v) is 4.71. The lowest BCUT2D eigenvalue weighted by molar-refractivity contribution is 0.528. The number of hydrogen-bond acceptors (Lipinski definition) is 4. The number of aryl methyl sites for hydroxylation is 1. The molecule has 4 rings (SSSR count). The molecule has 2 N–H and O–H groups in total. The predicted octanol–water partition coefficient (Wildman–Crippen LogP) is 3.80. The van der Waals surface area contributed by atoms with Crippen LogP contribution >= 0.6 is 11.6 Å². The van der Waals surface area contributed by atoms with E-state index in [0.717, 1.165) is 16.6 Å². The van der Waals surface area contributed by atoms with Crippen LogP contribution in [0.3, 0.4) is 0 Å². The molecule has 2 aromatic carbocycles. The van der Waals surface area contributed by atoms with Gasteiger partial charge in [0.05, 0.1) is 11.6 Å². The smallest absolute Gasteiger partial charge is 0.408 e. The molecule has 7 heteroatoms. The van der Waals surface area contributed by atoms with Gasteiger partial charge in [-0.1, -0.05) is 11.6 Å². The zero-order valence-corrected chi connectivity index (χ0v) is 14.9. The van der Waals surface area contributed by atoms with Crippen molar-refractivity contribution < 1.29 is 4.42 Å². The Kier molecular flexibility index (Phi) is 3.85. The van der Waals surface area contributed by atoms with Crippen molar-refractivity contribution in [3.8, 4) is 0 Å². The minimum atomic E-state index is -0.409. The maximum Gasteiger partial charge on any atom is 0.419 e. The lowest BCUT2D eigenvalue weighted by atomic mass is 10.1. The second kappa shape index (κ2) is 6.07. The normalized spacial score (nSPS) is 12.6. The average Bonchev–Trinajstić information content (AvgIpc) is 2.89. The monoisotopic (exact) mass is 369 g/mol. The van der Waals surface area contributed by atoms with Crippen molar-refractivity contribution in [2.24, 2.45) is 7.05 Å². The molecule has 0 fully saturated rings. The van der Waals surface area contributed by atoms with Crippen LogP contribution in [-0.2, 0) is 7.05 Å². The molecule has 0 aliphatic carbocycles. The van der Waals surface area contributed by atoms with Crippen molar-refractivity contribution >= 4 is 39.3 Å². The summed E-state index contributed by atoms with van der Waals surface area (Å²) in [6.45, 7) is 1.90. The number of hydrogen-bond donors (Lipinski definition) is 2. The predicted molar refractivity (Wildman–Crippen MR) is 103 cm³/mol. The molecule has 26 heavy (non-hydrogen) atoms. The van der Waals surface area contributed by atoms with Crippen LogP contribution in [0.25, 0.3) is 22.0 Å². The number of fused-ring (bicyclic) bond motifs is 2. The van der Waals surface area contributed by atoms with Gasteiger partial charge < -0.3 is 14.7 Å². The molecule has 0 amide bonds. The highest BCUT2D eigenvalue weighted by atomic mass is 35.5. The van der Waals surface area contributed by atoms with Crippen LogP contribution in [0, 0.1) is 0 Å². The topological polar surface area (TPSA) is 80.0 Å². The van der Waals surface area contributed by atoms with Crippen molar-refractivity contribution in [2.45, 2.75) is 13.0 Å². The molecule has 132 valence electrons. The highest BCUT2D eigenvalue weighted by Crippen LogP contribution is 2.24. The van der Waals surface area contributed by atoms with Gasteiger partial charge in [0.1, 0.15) is 0 Å². The van der Waals surface area contributed by atoms with E-state index in [1.807, 2.05) is 31.2 Å². The van der Waals surface area contributed by atoms with E-state index in [4.69, 9.17) is 16.0 Å². The molecule has 0 aliphatic rings. The summed E-state index contributed by atoms with van der Waals surface area (Å²) in [6.07, 6.45) is 0. The number of halogens is 1. The largest absolute Gasteiger partial charge is 0.419 e. The number of benzene rings is 2. The SMILES string of the molecule is C[C@H](Nc1ccc2oc(=O)n(C)c2c1)c1cc2cc(Cl)ccc2[nH]c1=O. The van der Waals surface area contributed by atoms with Crippen LogP contribution in [-0.4, -0.2) is 9.55 Å². The Morgan fingerprint density at radius 3 is 2.77 bits per heavy atom. The van der Waals surface area contributed by atoms with E-state index in [-0.39, 0.29) is 11.6 Å². The lowest BCUT2D eigenvalue weighted by Crippen LogP contribution is -2.19. The van der Waals surface area contributed by atoms with Crippen molar-refractivity contribution in [3.05, 3.63) is 74.0 Å². The van der Waals surface area contributed by atoms with E-state index in [1.165, 1.54) is 4.57 Å². The molecule has 2 heterocycles. The number of aromatic amines is 1. The van der Waals surface area contributed by atoms with E-state index < -0.39 is 5.76 Å². The highest BCUT2D eigenvalue weighted by Gasteiger charge is 2.13. The van der Waals surface area contributed by atoms with Gasteiger partial charge in [0.2, 0.25) is 0 Å². The maximum absolute atomic E-state index is 12.4. The van der Waals surface area contributed by atoms with Crippen molar-refractivity contribution in [1.29, 1.82) is 0 Å². The first-order valence-corrected chi connectivity index (χ1v) is 8.49. The fourth-order valence-electron chi connectivity index (χ4n) is 3.06. The maximum atomic E-state index is 12.4. The van der Waals surface area contributed by atoms with E-state index >= 15 is 0 Å². The summed E-state index contributed by atoms with van der Waals surface area (Å²) in [6, 6.07) is 12.3.